The van der Waals surface area contributed by atoms with Gasteiger partial charge >= 0.3 is 6.18 Å². The van der Waals surface area contributed by atoms with Crippen molar-refractivity contribution in [2.45, 2.75) is 44.4 Å². The maximum absolute atomic E-state index is 13.2. The molecule has 5 nitrogen and oxygen atoms in total. The standard InChI is InChI=1S/C21H22Cl3F3N4O/c22-15-4-3-14(16(23)11-15)12-29-7-9-30(10-8-29)17(32)5-6-31-19(13-1-2-13)18(24)20(28-31)21(25,26)27/h3-4,11,13H,1-2,5-10,12H2. The van der Waals surface area contributed by atoms with Crippen molar-refractivity contribution in [1.29, 1.82) is 0 Å². The van der Waals surface area contributed by atoms with Crippen molar-refractivity contribution in [1.82, 2.24) is 19.6 Å². The first-order valence-corrected chi connectivity index (χ1v) is 11.5. The quantitative estimate of drug-likeness (QED) is 0.518. The van der Waals surface area contributed by atoms with Crippen molar-refractivity contribution in [2.24, 2.45) is 0 Å². The second-order valence-electron chi connectivity index (χ2n) is 8.19. The zero-order chi connectivity index (χ0) is 23.0. The number of piperazine rings is 1. The number of nitrogens with zero attached hydrogens (tertiary/aromatic N) is 4. The number of halogens is 6. The highest BCUT2D eigenvalue weighted by molar-refractivity contribution is 6.35. The number of benzene rings is 1. The number of hydrogen-bond acceptors (Lipinski definition) is 3. The van der Waals surface area contributed by atoms with Crippen LogP contribution in [0.2, 0.25) is 15.1 Å². The first-order chi connectivity index (χ1) is 15.1. The Labute approximate surface area is 199 Å². The molecule has 0 spiro atoms. The number of hydrogen-bond donors (Lipinski definition) is 0. The summed E-state index contributed by atoms with van der Waals surface area (Å²) in [6.07, 6.45) is -2.95. The molecule has 2 aromatic rings. The summed E-state index contributed by atoms with van der Waals surface area (Å²) in [5, 5.41) is 4.55. The van der Waals surface area contributed by atoms with Gasteiger partial charge in [0.05, 0.1) is 17.3 Å². The second kappa shape index (κ2) is 9.41. The molecule has 1 aliphatic carbocycles. The van der Waals surface area contributed by atoms with Crippen LogP contribution in [-0.2, 0) is 24.1 Å². The molecule has 32 heavy (non-hydrogen) atoms. The van der Waals surface area contributed by atoms with Gasteiger partial charge < -0.3 is 4.90 Å². The molecule has 0 bridgehead atoms. The lowest BCUT2D eigenvalue weighted by atomic mass is 10.2. The number of aromatic nitrogens is 2. The highest BCUT2D eigenvalue weighted by atomic mass is 35.5. The fraction of sp³-hybridized carbons (Fsp3) is 0.524. The summed E-state index contributed by atoms with van der Waals surface area (Å²) in [4.78, 5) is 16.6. The smallest absolute Gasteiger partial charge is 0.340 e. The van der Waals surface area contributed by atoms with E-state index in [9.17, 15) is 18.0 Å². The van der Waals surface area contributed by atoms with Crippen LogP contribution in [0.4, 0.5) is 13.2 Å². The van der Waals surface area contributed by atoms with E-state index in [-0.39, 0.29) is 29.8 Å². The molecular formula is C21H22Cl3F3N4O. The van der Waals surface area contributed by atoms with E-state index in [0.717, 1.165) is 18.4 Å². The van der Waals surface area contributed by atoms with Crippen LogP contribution >= 0.6 is 34.8 Å². The van der Waals surface area contributed by atoms with Crippen LogP contribution in [0.5, 0.6) is 0 Å². The number of carbonyl (C=O) groups is 1. The Morgan fingerprint density at radius 2 is 1.78 bits per heavy atom. The van der Waals surface area contributed by atoms with Crippen LogP contribution in [-0.4, -0.2) is 51.7 Å². The Hall–Kier alpha value is -1.48. The molecule has 1 aromatic carbocycles. The average molecular weight is 510 g/mol. The maximum Gasteiger partial charge on any atom is 0.436 e. The molecule has 11 heteroatoms. The molecule has 1 saturated carbocycles. The largest absolute Gasteiger partial charge is 0.436 e. The predicted octanol–water partition coefficient (Wildman–Crippen LogP) is 5.47. The lowest BCUT2D eigenvalue weighted by Crippen LogP contribution is -2.48. The summed E-state index contributed by atoms with van der Waals surface area (Å²) < 4.78 is 40.9. The third-order valence-corrected chi connectivity index (χ3v) is 6.80. The summed E-state index contributed by atoms with van der Waals surface area (Å²) in [5.74, 6) is -0.111. The molecule has 0 N–H and O–H groups in total. The Bertz CT molecular complexity index is 999. The Morgan fingerprint density at radius 3 is 2.38 bits per heavy atom. The first kappa shape index (κ1) is 23.7. The van der Waals surface area contributed by atoms with Crippen LogP contribution < -0.4 is 0 Å². The van der Waals surface area contributed by atoms with E-state index in [1.807, 2.05) is 6.07 Å². The monoisotopic (exact) mass is 508 g/mol. The van der Waals surface area contributed by atoms with E-state index < -0.39 is 11.9 Å². The van der Waals surface area contributed by atoms with Crippen molar-refractivity contribution >= 4 is 40.7 Å². The Kier molecular flexibility index (Phi) is 6.96. The van der Waals surface area contributed by atoms with Crippen LogP contribution in [0.1, 0.15) is 42.1 Å². The minimum absolute atomic E-state index is 0.00978. The minimum Gasteiger partial charge on any atom is -0.340 e. The highest BCUT2D eigenvalue weighted by Gasteiger charge is 2.42. The van der Waals surface area contributed by atoms with Gasteiger partial charge in [0.2, 0.25) is 5.91 Å². The molecule has 1 aliphatic heterocycles. The number of rotatable bonds is 6. The van der Waals surface area contributed by atoms with Gasteiger partial charge in [-0.3, -0.25) is 14.4 Å². The van der Waals surface area contributed by atoms with Crippen LogP contribution in [0.15, 0.2) is 18.2 Å². The van der Waals surface area contributed by atoms with Gasteiger partial charge in [0.25, 0.3) is 0 Å². The van der Waals surface area contributed by atoms with Crippen molar-refractivity contribution in [3.8, 4) is 0 Å². The summed E-state index contributed by atoms with van der Waals surface area (Å²) in [5.41, 5.74) is 0.305. The second-order valence-corrected chi connectivity index (χ2v) is 9.41. The van der Waals surface area contributed by atoms with Gasteiger partial charge in [-0.25, -0.2) is 0 Å². The molecule has 4 rings (SSSR count). The Balaban J connectivity index is 1.32. The van der Waals surface area contributed by atoms with Crippen LogP contribution in [0, 0.1) is 0 Å². The molecule has 1 amide bonds. The van der Waals surface area contributed by atoms with Crippen molar-refractivity contribution in [3.05, 3.63) is 50.2 Å². The summed E-state index contributed by atoms with van der Waals surface area (Å²) >= 11 is 18.2. The van der Waals surface area contributed by atoms with Crippen LogP contribution in [0.3, 0.4) is 0 Å². The number of alkyl halides is 3. The molecule has 2 fully saturated rings. The highest BCUT2D eigenvalue weighted by Crippen LogP contribution is 2.46. The van der Waals surface area contributed by atoms with Gasteiger partial charge in [-0.2, -0.15) is 18.3 Å². The van der Waals surface area contributed by atoms with E-state index >= 15 is 0 Å². The fourth-order valence-corrected chi connectivity index (χ4v) is 4.82. The van der Waals surface area contributed by atoms with Gasteiger partial charge in [-0.05, 0) is 30.5 Å². The normalized spacial score (nSPS) is 17.8. The zero-order valence-electron chi connectivity index (χ0n) is 17.1. The Morgan fingerprint density at radius 1 is 1.09 bits per heavy atom. The van der Waals surface area contributed by atoms with Gasteiger partial charge in [0.15, 0.2) is 5.69 Å². The fourth-order valence-electron chi connectivity index (χ4n) is 3.96. The van der Waals surface area contributed by atoms with E-state index in [2.05, 4.69) is 10.00 Å². The zero-order valence-corrected chi connectivity index (χ0v) is 19.4. The third kappa shape index (κ3) is 5.35. The molecular weight excluding hydrogens is 488 g/mol. The molecule has 1 saturated heterocycles. The van der Waals surface area contributed by atoms with E-state index in [4.69, 9.17) is 34.8 Å². The van der Waals surface area contributed by atoms with Crippen molar-refractivity contribution in [3.63, 3.8) is 0 Å². The molecule has 2 heterocycles. The van der Waals surface area contributed by atoms with Crippen molar-refractivity contribution in [2.75, 3.05) is 26.2 Å². The summed E-state index contributed by atoms with van der Waals surface area (Å²) in [6.45, 7) is 3.21. The molecule has 1 aromatic heterocycles. The van der Waals surface area contributed by atoms with Gasteiger partial charge in [-0.15, -0.1) is 0 Å². The minimum atomic E-state index is -4.61. The molecule has 0 unspecified atom stereocenters. The molecule has 0 radical (unpaired) electrons. The number of amides is 1. The molecule has 2 aliphatic rings. The van der Waals surface area contributed by atoms with Crippen LogP contribution in [0.25, 0.3) is 0 Å². The van der Waals surface area contributed by atoms with Gasteiger partial charge in [0.1, 0.15) is 0 Å². The van der Waals surface area contributed by atoms with Gasteiger partial charge in [0, 0.05) is 55.1 Å². The maximum atomic E-state index is 13.2. The number of carbonyl (C=O) groups excluding carboxylic acids is 1. The SMILES string of the molecule is O=C(CCn1nc(C(F)(F)F)c(Cl)c1C1CC1)N1CCN(Cc2ccc(Cl)cc2Cl)CC1. The van der Waals surface area contributed by atoms with E-state index in [0.29, 0.717) is 48.5 Å². The summed E-state index contributed by atoms with van der Waals surface area (Å²) in [7, 11) is 0. The van der Waals surface area contributed by atoms with Gasteiger partial charge in [-0.1, -0.05) is 40.9 Å². The lowest BCUT2D eigenvalue weighted by molar-refractivity contribution is -0.141. The number of aryl methyl sites for hydroxylation is 1. The summed E-state index contributed by atoms with van der Waals surface area (Å²) in [6, 6.07) is 5.40. The lowest BCUT2D eigenvalue weighted by Gasteiger charge is -2.35. The third-order valence-electron chi connectivity index (χ3n) is 5.84. The topological polar surface area (TPSA) is 41.4 Å². The molecule has 174 valence electrons. The average Bonchev–Trinajstić information content (AvgIpc) is 3.50. The van der Waals surface area contributed by atoms with E-state index in [1.54, 1.807) is 17.0 Å². The van der Waals surface area contributed by atoms with E-state index in [1.165, 1.54) is 4.68 Å². The van der Waals surface area contributed by atoms with Crippen molar-refractivity contribution < 1.29 is 18.0 Å². The predicted molar refractivity (Wildman–Crippen MR) is 117 cm³/mol. The molecule has 0 atom stereocenters. The first-order valence-electron chi connectivity index (χ1n) is 10.4.